The van der Waals surface area contributed by atoms with Gasteiger partial charge >= 0.3 is 5.97 Å². The Morgan fingerprint density at radius 2 is 1.83 bits per heavy atom. The minimum Gasteiger partial charge on any atom is -0.462 e. The molecule has 4 rings (SSSR count). The molecule has 0 bridgehead atoms. The largest absolute Gasteiger partial charge is 0.462 e. The van der Waals surface area contributed by atoms with Crippen LogP contribution in [-0.4, -0.2) is 49.0 Å². The lowest BCUT2D eigenvalue weighted by atomic mass is 9.97. The summed E-state index contributed by atoms with van der Waals surface area (Å²) in [4.78, 5) is 41.4. The fourth-order valence-electron chi connectivity index (χ4n) is 4.12. The van der Waals surface area contributed by atoms with Crippen molar-refractivity contribution < 1.29 is 19.1 Å². The van der Waals surface area contributed by atoms with Crippen LogP contribution in [0.5, 0.6) is 0 Å². The van der Waals surface area contributed by atoms with Gasteiger partial charge in [0.25, 0.3) is 11.8 Å². The molecule has 1 saturated heterocycles. The van der Waals surface area contributed by atoms with Gasteiger partial charge < -0.3 is 19.9 Å². The number of benzene rings is 2. The van der Waals surface area contributed by atoms with E-state index in [-0.39, 0.29) is 18.0 Å². The Bertz CT molecular complexity index is 986. The standard InChI is InChI=1S/C23H25N3O4/c1-3-30-23(29)15-7-10-17(11-8-15)24-21(27)16-9-12-18-19(14-16)25(2)20-6-4-5-13-26(20)22(18)28/h7-12,14,20H,3-6,13H2,1-2H3,(H,24,27)/t20-/m0/s1. The first-order chi connectivity index (χ1) is 14.5. The number of nitrogens with zero attached hydrogens (tertiary/aromatic N) is 2. The van der Waals surface area contributed by atoms with Crippen LogP contribution in [0.3, 0.4) is 0 Å². The number of hydrogen-bond donors (Lipinski definition) is 1. The summed E-state index contributed by atoms with van der Waals surface area (Å²) in [5, 5.41) is 2.84. The van der Waals surface area contributed by atoms with Crippen molar-refractivity contribution >= 4 is 29.2 Å². The van der Waals surface area contributed by atoms with Crippen LogP contribution >= 0.6 is 0 Å². The van der Waals surface area contributed by atoms with Crippen molar-refractivity contribution in [3.63, 3.8) is 0 Å². The van der Waals surface area contributed by atoms with Crippen molar-refractivity contribution in [3.8, 4) is 0 Å². The van der Waals surface area contributed by atoms with Crippen molar-refractivity contribution in [2.45, 2.75) is 32.4 Å². The van der Waals surface area contributed by atoms with Gasteiger partial charge in [0.15, 0.2) is 0 Å². The predicted molar refractivity (Wildman–Crippen MR) is 114 cm³/mol. The Morgan fingerprint density at radius 1 is 1.10 bits per heavy atom. The van der Waals surface area contributed by atoms with Crippen LogP contribution in [0.2, 0.25) is 0 Å². The maximum absolute atomic E-state index is 12.9. The highest BCUT2D eigenvalue weighted by Crippen LogP contribution is 2.34. The molecule has 30 heavy (non-hydrogen) atoms. The number of rotatable bonds is 4. The first-order valence-electron chi connectivity index (χ1n) is 10.3. The molecule has 7 nitrogen and oxygen atoms in total. The van der Waals surface area contributed by atoms with E-state index < -0.39 is 5.97 Å². The molecule has 1 atom stereocenters. The molecule has 7 heteroatoms. The second-order valence-electron chi connectivity index (χ2n) is 7.57. The summed E-state index contributed by atoms with van der Waals surface area (Å²) in [7, 11) is 1.98. The molecule has 2 aromatic carbocycles. The highest BCUT2D eigenvalue weighted by atomic mass is 16.5. The van der Waals surface area contributed by atoms with Gasteiger partial charge in [-0.15, -0.1) is 0 Å². The van der Waals surface area contributed by atoms with E-state index in [1.54, 1.807) is 49.4 Å². The van der Waals surface area contributed by atoms with Crippen molar-refractivity contribution in [1.29, 1.82) is 0 Å². The Kier molecular flexibility index (Phi) is 5.44. The predicted octanol–water partition coefficient (Wildman–Crippen LogP) is 3.52. The molecular formula is C23H25N3O4. The summed E-state index contributed by atoms with van der Waals surface area (Å²) in [5.74, 6) is -0.627. The van der Waals surface area contributed by atoms with E-state index in [9.17, 15) is 14.4 Å². The van der Waals surface area contributed by atoms with Gasteiger partial charge in [0.1, 0.15) is 6.17 Å². The van der Waals surface area contributed by atoms with E-state index >= 15 is 0 Å². The summed E-state index contributed by atoms with van der Waals surface area (Å²) < 4.78 is 4.97. The number of fused-ring (bicyclic) bond motifs is 2. The van der Waals surface area contributed by atoms with Crippen molar-refractivity contribution in [3.05, 3.63) is 59.2 Å². The minimum atomic E-state index is -0.394. The van der Waals surface area contributed by atoms with E-state index in [0.29, 0.717) is 29.0 Å². The monoisotopic (exact) mass is 407 g/mol. The number of ether oxygens (including phenoxy) is 1. The zero-order chi connectivity index (χ0) is 21.3. The lowest BCUT2D eigenvalue weighted by Crippen LogP contribution is -2.55. The third-order valence-electron chi connectivity index (χ3n) is 5.70. The normalized spacial score (nSPS) is 17.8. The zero-order valence-corrected chi connectivity index (χ0v) is 17.2. The molecule has 1 fully saturated rings. The molecule has 0 spiro atoms. The Morgan fingerprint density at radius 3 is 2.57 bits per heavy atom. The molecule has 156 valence electrons. The van der Waals surface area contributed by atoms with Crippen LogP contribution in [0.15, 0.2) is 42.5 Å². The van der Waals surface area contributed by atoms with Crippen molar-refractivity contribution in [1.82, 2.24) is 4.90 Å². The van der Waals surface area contributed by atoms with Gasteiger partial charge in [-0.25, -0.2) is 4.79 Å². The number of carbonyl (C=O) groups is 3. The van der Waals surface area contributed by atoms with Gasteiger partial charge in [-0.1, -0.05) is 0 Å². The average Bonchev–Trinajstić information content (AvgIpc) is 2.77. The molecule has 0 unspecified atom stereocenters. The van der Waals surface area contributed by atoms with Crippen molar-refractivity contribution in [2.24, 2.45) is 0 Å². The molecule has 2 heterocycles. The van der Waals surface area contributed by atoms with Gasteiger partial charge in [-0.2, -0.15) is 0 Å². The first-order valence-corrected chi connectivity index (χ1v) is 10.3. The lowest BCUT2D eigenvalue weighted by Gasteiger charge is -2.46. The highest BCUT2D eigenvalue weighted by Gasteiger charge is 2.37. The Hall–Kier alpha value is -3.35. The summed E-state index contributed by atoms with van der Waals surface area (Å²) in [5.41, 5.74) is 2.90. The zero-order valence-electron chi connectivity index (χ0n) is 17.2. The van der Waals surface area contributed by atoms with E-state index in [4.69, 9.17) is 4.74 Å². The Labute approximate surface area is 175 Å². The minimum absolute atomic E-state index is 0.0364. The topological polar surface area (TPSA) is 79.0 Å². The van der Waals surface area contributed by atoms with Crippen LogP contribution in [-0.2, 0) is 4.74 Å². The second kappa shape index (κ2) is 8.18. The molecular weight excluding hydrogens is 382 g/mol. The summed E-state index contributed by atoms with van der Waals surface area (Å²) in [6, 6.07) is 11.8. The highest BCUT2D eigenvalue weighted by molar-refractivity contribution is 6.08. The van der Waals surface area contributed by atoms with Gasteiger partial charge in [0, 0.05) is 24.8 Å². The maximum Gasteiger partial charge on any atom is 0.338 e. The number of hydrogen-bond acceptors (Lipinski definition) is 5. The third-order valence-corrected chi connectivity index (χ3v) is 5.70. The number of nitrogens with one attached hydrogen (secondary N) is 1. The van der Waals surface area contributed by atoms with E-state index in [1.165, 1.54) is 0 Å². The van der Waals surface area contributed by atoms with E-state index in [1.807, 2.05) is 11.9 Å². The number of carbonyl (C=O) groups excluding carboxylic acids is 3. The van der Waals surface area contributed by atoms with E-state index in [2.05, 4.69) is 10.2 Å². The summed E-state index contributed by atoms with van der Waals surface area (Å²) in [6.07, 6.45) is 3.11. The smallest absolute Gasteiger partial charge is 0.338 e. The molecule has 0 aliphatic carbocycles. The van der Waals surface area contributed by atoms with Gasteiger partial charge in [-0.3, -0.25) is 9.59 Å². The lowest BCUT2D eigenvalue weighted by molar-refractivity contribution is 0.0525. The van der Waals surface area contributed by atoms with Gasteiger partial charge in [0.05, 0.1) is 23.4 Å². The quantitative estimate of drug-likeness (QED) is 0.785. The number of esters is 1. The second-order valence-corrected chi connectivity index (χ2v) is 7.57. The average molecular weight is 407 g/mol. The van der Waals surface area contributed by atoms with Gasteiger partial charge in [-0.05, 0) is 68.7 Å². The molecule has 1 N–H and O–H groups in total. The van der Waals surface area contributed by atoms with Crippen molar-refractivity contribution in [2.75, 3.05) is 30.4 Å². The summed E-state index contributed by atoms with van der Waals surface area (Å²) in [6.45, 7) is 2.84. The molecule has 0 radical (unpaired) electrons. The van der Waals surface area contributed by atoms with Gasteiger partial charge in [0.2, 0.25) is 0 Å². The van der Waals surface area contributed by atoms with Crippen LogP contribution in [0.1, 0.15) is 57.3 Å². The molecule has 2 aliphatic heterocycles. The third kappa shape index (κ3) is 3.63. The van der Waals surface area contributed by atoms with Crippen LogP contribution in [0.4, 0.5) is 11.4 Å². The van der Waals surface area contributed by atoms with Crippen LogP contribution < -0.4 is 10.2 Å². The maximum atomic E-state index is 12.9. The fourth-order valence-corrected chi connectivity index (χ4v) is 4.12. The fraction of sp³-hybridized carbons (Fsp3) is 0.348. The summed E-state index contributed by atoms with van der Waals surface area (Å²) >= 11 is 0. The van der Waals surface area contributed by atoms with Crippen LogP contribution in [0, 0.1) is 0 Å². The van der Waals surface area contributed by atoms with Crippen LogP contribution in [0.25, 0.3) is 0 Å². The number of anilines is 2. The molecule has 0 aromatic heterocycles. The first kappa shape index (κ1) is 19.9. The molecule has 2 amide bonds. The molecule has 2 aromatic rings. The number of piperidine rings is 1. The molecule has 2 aliphatic rings. The number of amides is 2. The Balaban J connectivity index is 1.53. The molecule has 0 saturated carbocycles. The SMILES string of the molecule is CCOC(=O)c1ccc(NC(=O)c2ccc3c(c2)N(C)[C@@H]2CCCCN2C3=O)cc1. The van der Waals surface area contributed by atoms with E-state index in [0.717, 1.165) is 31.5 Å².